The molecule has 7 heteroatoms. The van der Waals surface area contributed by atoms with Crippen molar-refractivity contribution in [3.8, 4) is 5.82 Å². The molecular formula is C8H11ClN6. The van der Waals surface area contributed by atoms with Crippen LogP contribution in [-0.4, -0.2) is 30.0 Å². The van der Waals surface area contributed by atoms with Gasteiger partial charge >= 0.3 is 0 Å². The zero-order valence-electron chi connectivity index (χ0n) is 8.50. The van der Waals surface area contributed by atoms with Crippen molar-refractivity contribution in [1.29, 1.82) is 0 Å². The SMILES string of the molecule is CC(C)n1ccc(-n2nnnc2CCl)n1. The van der Waals surface area contributed by atoms with Gasteiger partial charge in [0.2, 0.25) is 0 Å². The van der Waals surface area contributed by atoms with Gasteiger partial charge in [0, 0.05) is 18.3 Å². The van der Waals surface area contributed by atoms with E-state index in [4.69, 9.17) is 11.6 Å². The Morgan fingerprint density at radius 1 is 1.47 bits per heavy atom. The van der Waals surface area contributed by atoms with Crippen LogP contribution in [0.5, 0.6) is 0 Å². The third kappa shape index (κ3) is 1.85. The molecule has 2 aromatic rings. The Balaban J connectivity index is 2.37. The van der Waals surface area contributed by atoms with Gasteiger partial charge in [0.1, 0.15) is 0 Å². The Bertz CT molecular complexity index is 445. The first-order valence-electron chi connectivity index (χ1n) is 4.61. The minimum absolute atomic E-state index is 0.265. The summed E-state index contributed by atoms with van der Waals surface area (Å²) in [5.74, 6) is 1.54. The van der Waals surface area contributed by atoms with E-state index in [1.807, 2.05) is 16.9 Å². The van der Waals surface area contributed by atoms with E-state index in [2.05, 4.69) is 34.5 Å². The Labute approximate surface area is 91.8 Å². The highest BCUT2D eigenvalue weighted by Crippen LogP contribution is 2.09. The lowest BCUT2D eigenvalue weighted by Gasteiger charge is -2.03. The van der Waals surface area contributed by atoms with Gasteiger partial charge in [-0.15, -0.1) is 16.7 Å². The predicted molar refractivity (Wildman–Crippen MR) is 54.9 cm³/mol. The molecule has 0 unspecified atom stereocenters. The molecule has 0 bridgehead atoms. The quantitative estimate of drug-likeness (QED) is 0.738. The number of halogens is 1. The number of hydrogen-bond acceptors (Lipinski definition) is 4. The van der Waals surface area contributed by atoms with Crippen LogP contribution < -0.4 is 0 Å². The minimum atomic E-state index is 0.265. The van der Waals surface area contributed by atoms with Gasteiger partial charge in [0.25, 0.3) is 0 Å². The first kappa shape index (κ1) is 10.1. The van der Waals surface area contributed by atoms with Crippen LogP contribution in [0.3, 0.4) is 0 Å². The Kier molecular flexibility index (Phi) is 2.68. The molecule has 2 aromatic heterocycles. The van der Waals surface area contributed by atoms with E-state index in [0.717, 1.165) is 0 Å². The monoisotopic (exact) mass is 226 g/mol. The first-order chi connectivity index (χ1) is 7.22. The smallest absolute Gasteiger partial charge is 0.179 e. The molecule has 0 radical (unpaired) electrons. The number of tetrazole rings is 1. The van der Waals surface area contributed by atoms with Crippen LogP contribution in [0.25, 0.3) is 5.82 Å². The summed E-state index contributed by atoms with van der Waals surface area (Å²) in [7, 11) is 0. The molecule has 0 saturated heterocycles. The number of rotatable bonds is 3. The van der Waals surface area contributed by atoms with Crippen molar-refractivity contribution in [3.05, 3.63) is 18.1 Å². The highest BCUT2D eigenvalue weighted by Gasteiger charge is 2.10. The van der Waals surface area contributed by atoms with Crippen molar-refractivity contribution in [2.45, 2.75) is 25.8 Å². The molecule has 0 aliphatic carbocycles. The molecule has 0 fully saturated rings. The predicted octanol–water partition coefficient (Wildman–Crippen LogP) is 1.18. The summed E-state index contributed by atoms with van der Waals surface area (Å²) < 4.78 is 3.38. The molecule has 0 aliphatic heterocycles. The fourth-order valence-electron chi connectivity index (χ4n) is 1.20. The zero-order valence-corrected chi connectivity index (χ0v) is 9.26. The fourth-order valence-corrected chi connectivity index (χ4v) is 1.36. The van der Waals surface area contributed by atoms with Crippen LogP contribution in [-0.2, 0) is 5.88 Å². The van der Waals surface area contributed by atoms with Gasteiger partial charge in [-0.1, -0.05) is 0 Å². The lowest BCUT2D eigenvalue weighted by Crippen LogP contribution is -2.06. The number of hydrogen-bond donors (Lipinski definition) is 0. The maximum absolute atomic E-state index is 5.69. The van der Waals surface area contributed by atoms with E-state index < -0.39 is 0 Å². The van der Waals surface area contributed by atoms with Crippen LogP contribution in [0.2, 0.25) is 0 Å². The third-order valence-corrected chi connectivity index (χ3v) is 2.23. The first-order valence-corrected chi connectivity index (χ1v) is 5.14. The maximum Gasteiger partial charge on any atom is 0.179 e. The van der Waals surface area contributed by atoms with Crippen LogP contribution in [0, 0.1) is 0 Å². The molecule has 0 amide bonds. The highest BCUT2D eigenvalue weighted by molar-refractivity contribution is 6.16. The van der Waals surface area contributed by atoms with Crippen molar-refractivity contribution < 1.29 is 0 Å². The topological polar surface area (TPSA) is 61.4 Å². The Hall–Kier alpha value is -1.43. The summed E-state index contributed by atoms with van der Waals surface area (Å²) in [5.41, 5.74) is 0. The third-order valence-electron chi connectivity index (χ3n) is 1.99. The van der Waals surface area contributed by atoms with E-state index >= 15 is 0 Å². The van der Waals surface area contributed by atoms with Gasteiger partial charge in [-0.2, -0.15) is 9.78 Å². The van der Waals surface area contributed by atoms with Crippen molar-refractivity contribution in [1.82, 2.24) is 30.0 Å². The zero-order chi connectivity index (χ0) is 10.8. The summed E-state index contributed by atoms with van der Waals surface area (Å²) in [6.45, 7) is 4.11. The molecule has 6 nitrogen and oxygen atoms in total. The average Bonchev–Trinajstić information content (AvgIpc) is 2.85. The fraction of sp³-hybridized carbons (Fsp3) is 0.500. The molecule has 0 saturated carbocycles. The average molecular weight is 227 g/mol. The lowest BCUT2D eigenvalue weighted by molar-refractivity contribution is 0.526. The van der Waals surface area contributed by atoms with E-state index in [0.29, 0.717) is 17.7 Å². The summed E-state index contributed by atoms with van der Waals surface area (Å²) in [5, 5.41) is 15.5. The molecular weight excluding hydrogens is 216 g/mol. The highest BCUT2D eigenvalue weighted by atomic mass is 35.5. The summed E-state index contributed by atoms with van der Waals surface area (Å²) in [4.78, 5) is 0. The van der Waals surface area contributed by atoms with E-state index in [-0.39, 0.29) is 5.88 Å². The van der Waals surface area contributed by atoms with Crippen LogP contribution in [0.4, 0.5) is 0 Å². The Morgan fingerprint density at radius 2 is 2.27 bits per heavy atom. The molecule has 2 rings (SSSR count). The summed E-state index contributed by atoms with van der Waals surface area (Å²) in [6, 6.07) is 2.17. The van der Waals surface area contributed by atoms with E-state index in [9.17, 15) is 0 Å². The van der Waals surface area contributed by atoms with Gasteiger partial charge in [0.05, 0.1) is 5.88 Å². The van der Waals surface area contributed by atoms with Gasteiger partial charge in [-0.3, -0.25) is 4.68 Å². The van der Waals surface area contributed by atoms with Gasteiger partial charge in [-0.05, 0) is 24.3 Å². The molecule has 0 atom stereocenters. The van der Waals surface area contributed by atoms with Crippen molar-refractivity contribution in [3.63, 3.8) is 0 Å². The normalized spacial score (nSPS) is 11.2. The molecule has 0 aliphatic rings. The van der Waals surface area contributed by atoms with Gasteiger partial charge in [-0.25, -0.2) is 0 Å². The van der Waals surface area contributed by atoms with Gasteiger partial charge < -0.3 is 0 Å². The Morgan fingerprint density at radius 3 is 2.87 bits per heavy atom. The number of aromatic nitrogens is 6. The molecule has 80 valence electrons. The second-order valence-corrected chi connectivity index (χ2v) is 3.66. The van der Waals surface area contributed by atoms with E-state index in [1.54, 1.807) is 0 Å². The second kappa shape index (κ2) is 3.98. The van der Waals surface area contributed by atoms with Crippen molar-refractivity contribution >= 4 is 11.6 Å². The second-order valence-electron chi connectivity index (χ2n) is 3.39. The molecule has 0 N–H and O–H groups in total. The largest absolute Gasteiger partial charge is 0.268 e. The maximum atomic E-state index is 5.69. The summed E-state index contributed by atoms with van der Waals surface area (Å²) >= 11 is 5.69. The standard InChI is InChI=1S/C8H11ClN6/c1-6(2)14-4-3-7(11-14)15-8(5-9)10-12-13-15/h3-4,6H,5H2,1-2H3. The van der Waals surface area contributed by atoms with Crippen molar-refractivity contribution in [2.24, 2.45) is 0 Å². The van der Waals surface area contributed by atoms with Crippen LogP contribution in [0.1, 0.15) is 25.7 Å². The van der Waals surface area contributed by atoms with E-state index in [1.165, 1.54) is 4.68 Å². The molecule has 2 heterocycles. The molecule has 15 heavy (non-hydrogen) atoms. The number of nitrogens with zero attached hydrogens (tertiary/aromatic N) is 6. The molecule has 0 aromatic carbocycles. The van der Waals surface area contributed by atoms with Crippen LogP contribution in [0.15, 0.2) is 12.3 Å². The van der Waals surface area contributed by atoms with Crippen molar-refractivity contribution in [2.75, 3.05) is 0 Å². The minimum Gasteiger partial charge on any atom is -0.268 e. The number of alkyl halides is 1. The molecule has 0 spiro atoms. The van der Waals surface area contributed by atoms with Gasteiger partial charge in [0.15, 0.2) is 11.6 Å². The van der Waals surface area contributed by atoms with Crippen LogP contribution >= 0.6 is 11.6 Å². The lowest BCUT2D eigenvalue weighted by atomic mass is 10.4. The summed E-state index contributed by atoms with van der Waals surface area (Å²) in [6.07, 6.45) is 1.89.